The van der Waals surface area contributed by atoms with Gasteiger partial charge in [0.05, 0.1) is 5.92 Å². The average molecular weight is 363 g/mol. The van der Waals surface area contributed by atoms with E-state index < -0.39 is 35.7 Å². The minimum atomic E-state index is -0.878. The third kappa shape index (κ3) is 7.68. The molecule has 0 bridgehead atoms. The van der Waals surface area contributed by atoms with Crippen molar-refractivity contribution in [1.82, 2.24) is 5.32 Å². The van der Waals surface area contributed by atoms with Gasteiger partial charge in [0.2, 0.25) is 0 Å². The Morgan fingerprint density at radius 3 is 2.15 bits per heavy atom. The number of carbonyl (C=O) groups is 3. The van der Waals surface area contributed by atoms with Crippen LogP contribution in [0.2, 0.25) is 0 Å². The van der Waals surface area contributed by atoms with E-state index in [1.165, 1.54) is 13.8 Å². The van der Waals surface area contributed by atoms with Crippen molar-refractivity contribution in [1.29, 1.82) is 0 Å². The lowest BCUT2D eigenvalue weighted by molar-refractivity contribution is -0.154. The summed E-state index contributed by atoms with van der Waals surface area (Å²) >= 11 is 0. The van der Waals surface area contributed by atoms with E-state index in [-0.39, 0.29) is 5.78 Å². The Morgan fingerprint density at radius 1 is 1.08 bits per heavy atom. The predicted octanol–water partition coefficient (Wildman–Crippen LogP) is 3.28. The molecule has 0 spiro atoms. The van der Waals surface area contributed by atoms with Crippen molar-refractivity contribution in [2.24, 2.45) is 5.92 Å². The highest BCUT2D eigenvalue weighted by atomic mass is 16.6. The molecule has 1 aromatic carbocycles. The summed E-state index contributed by atoms with van der Waals surface area (Å²) in [4.78, 5) is 36.0. The summed E-state index contributed by atoms with van der Waals surface area (Å²) in [6.45, 7) is 9.89. The van der Waals surface area contributed by atoms with Crippen molar-refractivity contribution >= 4 is 17.8 Å². The van der Waals surface area contributed by atoms with Gasteiger partial charge in [-0.2, -0.15) is 0 Å². The van der Waals surface area contributed by atoms with Crippen molar-refractivity contribution in [3.63, 3.8) is 0 Å². The zero-order valence-electron chi connectivity index (χ0n) is 16.4. The Hall–Kier alpha value is -2.37. The zero-order valence-corrected chi connectivity index (χ0v) is 16.4. The van der Waals surface area contributed by atoms with E-state index in [2.05, 4.69) is 5.32 Å². The highest BCUT2D eigenvalue weighted by molar-refractivity contribution is 5.82. The molecule has 0 aromatic heterocycles. The van der Waals surface area contributed by atoms with E-state index in [1.54, 1.807) is 27.7 Å². The molecule has 0 aliphatic carbocycles. The first-order chi connectivity index (χ1) is 12.0. The molecule has 3 atom stereocenters. The summed E-state index contributed by atoms with van der Waals surface area (Å²) in [5, 5.41) is 2.44. The average Bonchev–Trinajstić information content (AvgIpc) is 2.51. The summed E-state index contributed by atoms with van der Waals surface area (Å²) in [6.07, 6.45) is -0.816. The topological polar surface area (TPSA) is 81.7 Å². The maximum absolute atomic E-state index is 12.2. The Kier molecular flexibility index (Phi) is 7.80. The molecule has 0 saturated carbocycles. The van der Waals surface area contributed by atoms with Crippen LogP contribution >= 0.6 is 0 Å². The molecular formula is C20H29NO5. The van der Waals surface area contributed by atoms with Crippen LogP contribution in [-0.2, 0) is 25.5 Å². The van der Waals surface area contributed by atoms with E-state index in [0.717, 1.165) is 5.56 Å². The van der Waals surface area contributed by atoms with Gasteiger partial charge in [-0.3, -0.25) is 4.79 Å². The Morgan fingerprint density at radius 2 is 1.65 bits per heavy atom. The number of benzene rings is 1. The standard InChI is InChI=1S/C20H29NO5/c1-13(21-19(24)26-20(4,5)6)18(23)25-15(3)17(14(2)22)12-16-10-8-7-9-11-16/h7-11,13,15,17H,12H2,1-6H3,(H,21,24)/t13-,15?,17?/m0/s1. The highest BCUT2D eigenvalue weighted by Gasteiger charge is 2.28. The molecule has 0 fully saturated rings. The maximum Gasteiger partial charge on any atom is 0.408 e. The zero-order chi connectivity index (χ0) is 19.9. The minimum absolute atomic E-state index is 0.0538. The smallest absolute Gasteiger partial charge is 0.408 e. The van der Waals surface area contributed by atoms with Gasteiger partial charge in [0.25, 0.3) is 0 Å². The van der Waals surface area contributed by atoms with Gasteiger partial charge in [0.15, 0.2) is 0 Å². The Bertz CT molecular complexity index is 621. The number of ether oxygens (including phenoxy) is 2. The first-order valence-corrected chi connectivity index (χ1v) is 8.74. The molecule has 6 heteroatoms. The fourth-order valence-electron chi connectivity index (χ4n) is 2.42. The Labute approximate surface area is 155 Å². The third-order valence-corrected chi connectivity index (χ3v) is 3.78. The molecule has 2 unspecified atom stereocenters. The minimum Gasteiger partial charge on any atom is -0.460 e. The number of hydrogen-bond donors (Lipinski definition) is 1. The van der Waals surface area contributed by atoms with E-state index >= 15 is 0 Å². The van der Waals surface area contributed by atoms with Crippen LogP contribution < -0.4 is 5.32 Å². The fourth-order valence-corrected chi connectivity index (χ4v) is 2.42. The lowest BCUT2D eigenvalue weighted by Gasteiger charge is -2.25. The van der Waals surface area contributed by atoms with Crippen molar-refractivity contribution in [3.05, 3.63) is 35.9 Å². The number of rotatable bonds is 7. The second kappa shape index (κ2) is 9.36. The van der Waals surface area contributed by atoms with Gasteiger partial charge in [-0.15, -0.1) is 0 Å². The fraction of sp³-hybridized carbons (Fsp3) is 0.550. The van der Waals surface area contributed by atoms with Crippen LogP contribution in [0.15, 0.2) is 30.3 Å². The van der Waals surface area contributed by atoms with Gasteiger partial charge in [0.1, 0.15) is 23.5 Å². The number of nitrogens with one attached hydrogen (secondary N) is 1. The molecular weight excluding hydrogens is 334 g/mol. The van der Waals surface area contributed by atoms with Crippen molar-refractivity contribution in [3.8, 4) is 0 Å². The van der Waals surface area contributed by atoms with Gasteiger partial charge >= 0.3 is 12.1 Å². The largest absolute Gasteiger partial charge is 0.460 e. The summed E-state index contributed by atoms with van der Waals surface area (Å²) < 4.78 is 10.5. The second-order valence-electron chi connectivity index (χ2n) is 7.42. The van der Waals surface area contributed by atoms with E-state index in [4.69, 9.17) is 9.47 Å². The van der Waals surface area contributed by atoms with Crippen LogP contribution in [-0.4, -0.2) is 35.6 Å². The highest BCUT2D eigenvalue weighted by Crippen LogP contribution is 2.17. The summed E-state index contributed by atoms with van der Waals surface area (Å²) in [6, 6.07) is 8.68. The van der Waals surface area contributed by atoms with E-state index in [9.17, 15) is 14.4 Å². The number of hydrogen-bond acceptors (Lipinski definition) is 5. The molecule has 1 aromatic rings. The Balaban J connectivity index is 2.64. The van der Waals surface area contributed by atoms with Gasteiger partial charge in [-0.1, -0.05) is 30.3 Å². The van der Waals surface area contributed by atoms with Gasteiger partial charge in [-0.05, 0) is 53.5 Å². The summed E-state index contributed by atoms with van der Waals surface area (Å²) in [7, 11) is 0. The van der Waals surface area contributed by atoms with Crippen LogP contribution in [0.1, 0.15) is 47.1 Å². The maximum atomic E-state index is 12.2. The molecule has 0 radical (unpaired) electrons. The number of ketones is 1. The van der Waals surface area contributed by atoms with Crippen LogP contribution in [0.5, 0.6) is 0 Å². The van der Waals surface area contributed by atoms with Crippen molar-refractivity contribution < 1.29 is 23.9 Å². The first-order valence-electron chi connectivity index (χ1n) is 8.74. The van der Waals surface area contributed by atoms with E-state index in [1.807, 2.05) is 30.3 Å². The predicted molar refractivity (Wildman–Crippen MR) is 98.7 cm³/mol. The number of alkyl carbamates (subject to hydrolysis) is 1. The van der Waals surface area contributed by atoms with Crippen LogP contribution in [0.4, 0.5) is 4.79 Å². The monoisotopic (exact) mass is 363 g/mol. The van der Waals surface area contributed by atoms with Crippen LogP contribution in [0.25, 0.3) is 0 Å². The number of Topliss-reactive ketones (excluding diaryl/α,β-unsaturated/α-hetero) is 1. The normalized spacial score (nSPS) is 14.7. The second-order valence-corrected chi connectivity index (χ2v) is 7.42. The number of amides is 1. The van der Waals surface area contributed by atoms with Crippen LogP contribution in [0.3, 0.4) is 0 Å². The van der Waals surface area contributed by atoms with E-state index in [0.29, 0.717) is 6.42 Å². The number of esters is 1. The summed E-state index contributed by atoms with van der Waals surface area (Å²) in [5.74, 6) is -1.11. The molecule has 0 heterocycles. The summed E-state index contributed by atoms with van der Waals surface area (Å²) in [5.41, 5.74) is 0.340. The van der Waals surface area contributed by atoms with Gasteiger partial charge in [-0.25, -0.2) is 9.59 Å². The lowest BCUT2D eigenvalue weighted by Crippen LogP contribution is -2.44. The molecule has 0 aliphatic rings. The molecule has 1 N–H and O–H groups in total. The molecule has 26 heavy (non-hydrogen) atoms. The molecule has 1 amide bonds. The third-order valence-electron chi connectivity index (χ3n) is 3.78. The van der Waals surface area contributed by atoms with Gasteiger partial charge in [0, 0.05) is 0 Å². The molecule has 1 rings (SSSR count). The molecule has 0 aliphatic heterocycles. The van der Waals surface area contributed by atoms with Crippen molar-refractivity contribution in [2.45, 2.75) is 65.7 Å². The van der Waals surface area contributed by atoms with Gasteiger partial charge < -0.3 is 14.8 Å². The lowest BCUT2D eigenvalue weighted by atomic mass is 9.91. The SMILES string of the molecule is CC(=O)C(Cc1ccccc1)C(C)OC(=O)[C@H](C)NC(=O)OC(C)(C)C. The quantitative estimate of drug-likeness (QED) is 0.752. The molecule has 6 nitrogen and oxygen atoms in total. The first kappa shape index (κ1) is 21.7. The van der Waals surface area contributed by atoms with Crippen molar-refractivity contribution in [2.75, 3.05) is 0 Å². The molecule has 144 valence electrons. The van der Waals surface area contributed by atoms with Crippen LogP contribution in [0, 0.1) is 5.92 Å². The number of carbonyl (C=O) groups excluding carboxylic acids is 3. The molecule has 0 saturated heterocycles.